The summed E-state index contributed by atoms with van der Waals surface area (Å²) in [5.41, 5.74) is 0.812. The van der Waals surface area contributed by atoms with Crippen LogP contribution in [0.4, 0.5) is 0 Å². The van der Waals surface area contributed by atoms with Crippen molar-refractivity contribution < 1.29 is 14.5 Å². The first-order chi connectivity index (χ1) is 10.5. The van der Waals surface area contributed by atoms with Crippen LogP contribution in [0, 0.1) is 10.1 Å². The molecular weight excluding hydrogens is 418 g/mol. The predicted molar refractivity (Wildman–Crippen MR) is 89.3 cm³/mol. The van der Waals surface area contributed by atoms with Gasteiger partial charge in [0.05, 0.1) is 10.5 Å². The van der Waals surface area contributed by atoms with Crippen LogP contribution in [0.25, 0.3) is 6.08 Å². The van der Waals surface area contributed by atoms with Crippen LogP contribution in [0.1, 0.15) is 15.9 Å². The minimum atomic E-state index is -0.582. The monoisotopic (exact) mass is 425 g/mol. The zero-order chi connectivity index (χ0) is 16.1. The first-order valence-electron chi connectivity index (χ1n) is 6.05. The number of carbonyl (C=O) groups excluding carboxylic acids is 1. The quantitative estimate of drug-likeness (QED) is 0.308. The van der Waals surface area contributed by atoms with E-state index in [1.165, 1.54) is 6.08 Å². The van der Waals surface area contributed by atoms with Gasteiger partial charge in [0.25, 0.3) is 0 Å². The number of hydrogen-bond donors (Lipinski definition) is 0. The molecule has 0 N–H and O–H groups in total. The van der Waals surface area contributed by atoms with Crippen molar-refractivity contribution in [3.63, 3.8) is 0 Å². The van der Waals surface area contributed by atoms with Crippen LogP contribution in [0.2, 0.25) is 0 Å². The summed E-state index contributed by atoms with van der Waals surface area (Å²) in [6.07, 6.45) is 2.06. The molecule has 2 aromatic rings. The van der Waals surface area contributed by atoms with E-state index in [0.717, 1.165) is 15.1 Å². The van der Waals surface area contributed by atoms with Gasteiger partial charge < -0.3 is 4.74 Å². The molecule has 2 rings (SSSR count). The van der Waals surface area contributed by atoms with E-state index in [4.69, 9.17) is 4.74 Å². The van der Waals surface area contributed by atoms with Crippen LogP contribution in [0.15, 0.2) is 57.6 Å². The summed E-state index contributed by atoms with van der Waals surface area (Å²) in [4.78, 5) is 22.0. The number of benzene rings is 2. The maximum Gasteiger partial charge on any atom is 0.343 e. The minimum absolute atomic E-state index is 0.245. The summed E-state index contributed by atoms with van der Waals surface area (Å²) in [5.74, 6) is -0.292. The largest absolute Gasteiger partial charge is 0.422 e. The molecule has 0 aromatic heterocycles. The van der Waals surface area contributed by atoms with Gasteiger partial charge in [-0.15, -0.1) is 0 Å². The molecule has 0 amide bonds. The number of hydrogen-bond acceptors (Lipinski definition) is 4. The van der Waals surface area contributed by atoms with Gasteiger partial charge in [-0.1, -0.05) is 31.9 Å². The van der Waals surface area contributed by atoms with Crippen molar-refractivity contribution in [3.05, 3.63) is 78.9 Å². The summed E-state index contributed by atoms with van der Waals surface area (Å²) >= 11 is 6.56. The second-order valence-corrected chi connectivity index (χ2v) is 6.01. The molecule has 2 aromatic carbocycles. The smallest absolute Gasteiger partial charge is 0.343 e. The Kier molecular flexibility index (Phi) is 5.46. The molecular formula is C15H9Br2NO4. The van der Waals surface area contributed by atoms with E-state index in [1.54, 1.807) is 42.5 Å². The normalized spacial score (nSPS) is 10.6. The topological polar surface area (TPSA) is 69.4 Å². The molecule has 0 radical (unpaired) electrons. The molecule has 0 unspecified atom stereocenters. The third-order valence-electron chi connectivity index (χ3n) is 2.63. The molecule has 0 saturated heterocycles. The summed E-state index contributed by atoms with van der Waals surface area (Å²) in [6.45, 7) is 0. The highest BCUT2D eigenvalue weighted by Crippen LogP contribution is 2.25. The highest BCUT2D eigenvalue weighted by Gasteiger charge is 2.11. The molecule has 0 aliphatic heterocycles. The van der Waals surface area contributed by atoms with Crippen molar-refractivity contribution in [3.8, 4) is 5.75 Å². The van der Waals surface area contributed by atoms with Crippen LogP contribution in [-0.4, -0.2) is 10.9 Å². The van der Waals surface area contributed by atoms with Crippen molar-refractivity contribution in [2.75, 3.05) is 0 Å². The molecule has 0 saturated carbocycles. The highest BCUT2D eigenvalue weighted by atomic mass is 79.9. The van der Waals surface area contributed by atoms with Gasteiger partial charge in [0.15, 0.2) is 0 Å². The van der Waals surface area contributed by atoms with Crippen LogP contribution >= 0.6 is 31.9 Å². The SMILES string of the molecule is O=C(Oc1ccc(Br)cc1C=C[N+](=O)[O-])c1ccc(Br)cc1. The number of esters is 1. The number of nitro groups is 1. The fourth-order valence-electron chi connectivity index (χ4n) is 1.63. The molecule has 0 aliphatic carbocycles. The number of halogens is 2. The zero-order valence-electron chi connectivity index (χ0n) is 11.0. The van der Waals surface area contributed by atoms with Gasteiger partial charge in [-0.05, 0) is 42.5 Å². The molecule has 22 heavy (non-hydrogen) atoms. The Morgan fingerprint density at radius 1 is 1.09 bits per heavy atom. The van der Waals surface area contributed by atoms with Crippen molar-refractivity contribution in [2.24, 2.45) is 0 Å². The minimum Gasteiger partial charge on any atom is -0.422 e. The van der Waals surface area contributed by atoms with Crippen molar-refractivity contribution >= 4 is 43.9 Å². The third kappa shape index (κ3) is 4.51. The molecule has 0 bridgehead atoms. The van der Waals surface area contributed by atoms with E-state index < -0.39 is 10.9 Å². The first-order valence-corrected chi connectivity index (χ1v) is 7.63. The average molecular weight is 427 g/mol. The van der Waals surface area contributed by atoms with Crippen LogP contribution in [0.3, 0.4) is 0 Å². The van der Waals surface area contributed by atoms with Gasteiger partial charge in [-0.3, -0.25) is 10.1 Å². The summed E-state index contributed by atoms with van der Waals surface area (Å²) in [5, 5.41) is 10.4. The lowest BCUT2D eigenvalue weighted by Crippen LogP contribution is -2.09. The summed E-state index contributed by atoms with van der Waals surface area (Å²) < 4.78 is 6.88. The highest BCUT2D eigenvalue weighted by molar-refractivity contribution is 9.10. The standard InChI is InChI=1S/C15H9Br2NO4/c16-12-3-1-10(2-4-12)15(19)22-14-6-5-13(17)9-11(14)7-8-18(20)21/h1-9H. The van der Waals surface area contributed by atoms with Gasteiger partial charge >= 0.3 is 5.97 Å². The number of carbonyl (C=O) groups is 1. The number of nitrogens with zero attached hydrogens (tertiary/aromatic N) is 1. The predicted octanol–water partition coefficient (Wildman–Crippen LogP) is 4.68. The Labute approximate surface area is 143 Å². The third-order valence-corrected chi connectivity index (χ3v) is 3.65. The number of rotatable bonds is 4. The van der Waals surface area contributed by atoms with E-state index >= 15 is 0 Å². The van der Waals surface area contributed by atoms with Gasteiger partial charge in [-0.25, -0.2) is 4.79 Å². The lowest BCUT2D eigenvalue weighted by Gasteiger charge is -2.08. The molecule has 0 heterocycles. The Hall–Kier alpha value is -1.99. The molecule has 0 spiro atoms. The first kappa shape index (κ1) is 16.4. The van der Waals surface area contributed by atoms with Gasteiger partial charge in [-0.2, -0.15) is 0 Å². The Balaban J connectivity index is 2.26. The van der Waals surface area contributed by atoms with Crippen LogP contribution in [-0.2, 0) is 0 Å². The summed E-state index contributed by atoms with van der Waals surface area (Å²) in [6, 6.07) is 11.6. The van der Waals surface area contributed by atoms with E-state index in [1.807, 2.05) is 0 Å². The molecule has 0 fully saturated rings. The maximum atomic E-state index is 12.1. The van der Waals surface area contributed by atoms with Crippen LogP contribution < -0.4 is 4.74 Å². The van der Waals surface area contributed by atoms with E-state index in [-0.39, 0.29) is 5.75 Å². The number of ether oxygens (including phenoxy) is 1. The fraction of sp³-hybridized carbons (Fsp3) is 0. The molecule has 0 atom stereocenters. The Morgan fingerprint density at radius 3 is 2.36 bits per heavy atom. The van der Waals surface area contributed by atoms with Gasteiger partial charge in [0.1, 0.15) is 5.75 Å². The van der Waals surface area contributed by atoms with E-state index in [9.17, 15) is 14.9 Å². The molecule has 5 nitrogen and oxygen atoms in total. The Bertz CT molecular complexity index is 742. The average Bonchev–Trinajstić information content (AvgIpc) is 2.48. The van der Waals surface area contributed by atoms with E-state index in [2.05, 4.69) is 31.9 Å². The Morgan fingerprint density at radius 2 is 1.73 bits per heavy atom. The maximum absolute atomic E-state index is 12.1. The van der Waals surface area contributed by atoms with Gasteiger partial charge in [0.2, 0.25) is 6.20 Å². The van der Waals surface area contributed by atoms with Crippen molar-refractivity contribution in [1.29, 1.82) is 0 Å². The molecule has 7 heteroatoms. The fourth-order valence-corrected chi connectivity index (χ4v) is 2.27. The zero-order valence-corrected chi connectivity index (χ0v) is 14.2. The molecule has 112 valence electrons. The molecule has 0 aliphatic rings. The van der Waals surface area contributed by atoms with Crippen molar-refractivity contribution in [2.45, 2.75) is 0 Å². The summed E-state index contributed by atoms with van der Waals surface area (Å²) in [7, 11) is 0. The van der Waals surface area contributed by atoms with Crippen molar-refractivity contribution in [1.82, 2.24) is 0 Å². The van der Waals surface area contributed by atoms with E-state index in [0.29, 0.717) is 11.1 Å². The van der Waals surface area contributed by atoms with Crippen LogP contribution in [0.5, 0.6) is 5.75 Å². The lowest BCUT2D eigenvalue weighted by atomic mass is 10.2. The second kappa shape index (κ2) is 7.33. The lowest BCUT2D eigenvalue weighted by molar-refractivity contribution is -0.400. The second-order valence-electron chi connectivity index (χ2n) is 4.18. The van der Waals surface area contributed by atoms with Gasteiger partial charge in [0, 0.05) is 20.6 Å².